The molecule has 1 aliphatic carbocycles. The highest BCUT2D eigenvalue weighted by molar-refractivity contribution is 5.86. The minimum Gasteiger partial charge on any atom is -0.475 e. The van der Waals surface area contributed by atoms with E-state index in [1.165, 1.54) is 0 Å². The number of hydrogen-bond acceptors (Lipinski definition) is 6. The molecule has 222 valence electrons. The molecule has 0 radical (unpaired) electrons. The molecule has 1 aliphatic heterocycles. The van der Waals surface area contributed by atoms with E-state index >= 15 is 0 Å². The van der Waals surface area contributed by atoms with Gasteiger partial charge in [0.15, 0.2) is 0 Å². The van der Waals surface area contributed by atoms with Gasteiger partial charge in [-0.1, -0.05) is 48.5 Å². The Kier molecular flexibility index (Phi) is 8.29. The van der Waals surface area contributed by atoms with Crippen LogP contribution in [0.1, 0.15) is 79.0 Å². The lowest BCUT2D eigenvalue weighted by atomic mass is 9.98. The largest absolute Gasteiger partial charge is 0.475 e. The van der Waals surface area contributed by atoms with Gasteiger partial charge in [-0.15, -0.1) is 0 Å². The molecule has 1 saturated heterocycles. The molecular weight excluding hydrogens is 536 g/mol. The number of amides is 2. The molecule has 5 rings (SSSR count). The van der Waals surface area contributed by atoms with Crippen LogP contribution in [0.4, 0.5) is 9.59 Å². The minimum atomic E-state index is -1.17. The summed E-state index contributed by atoms with van der Waals surface area (Å²) >= 11 is 0. The summed E-state index contributed by atoms with van der Waals surface area (Å²) in [4.78, 5) is 41.7. The van der Waals surface area contributed by atoms with Crippen molar-refractivity contribution in [3.63, 3.8) is 0 Å². The first-order chi connectivity index (χ1) is 20.0. The molecule has 1 fully saturated rings. The summed E-state index contributed by atoms with van der Waals surface area (Å²) in [5.74, 6) is -1.10. The average molecular weight is 575 g/mol. The predicted octanol–water partition coefficient (Wildman–Crippen LogP) is 6.83. The number of likely N-dealkylation sites (tertiary alicyclic amines) is 1. The van der Waals surface area contributed by atoms with Crippen LogP contribution in [0, 0.1) is 6.92 Å². The Labute approximate surface area is 246 Å². The van der Waals surface area contributed by atoms with Crippen molar-refractivity contribution in [1.29, 1.82) is 0 Å². The zero-order valence-corrected chi connectivity index (χ0v) is 24.6. The number of hydrogen-bond donors (Lipinski definition) is 1. The lowest BCUT2D eigenvalue weighted by molar-refractivity contribution is 0.0183. The minimum absolute atomic E-state index is 0.0115. The molecule has 1 unspecified atom stereocenters. The maximum absolute atomic E-state index is 13.9. The van der Waals surface area contributed by atoms with Crippen molar-refractivity contribution in [2.45, 2.75) is 71.1 Å². The van der Waals surface area contributed by atoms with Crippen molar-refractivity contribution >= 4 is 18.2 Å². The van der Waals surface area contributed by atoms with Crippen LogP contribution >= 0.6 is 0 Å². The maximum atomic E-state index is 13.9. The van der Waals surface area contributed by atoms with E-state index in [2.05, 4.69) is 24.3 Å². The SMILES string of the molecule is Cc1cc(CN(C(=O)OCC2c3ccccc3-c3ccccc32)C2CCCCN(C(=O)OC(C)(C)C)C2)oc1C(=O)O. The highest BCUT2D eigenvalue weighted by atomic mass is 16.6. The number of carbonyl (C=O) groups is 3. The summed E-state index contributed by atoms with van der Waals surface area (Å²) in [6.45, 7) is 8.07. The number of nitrogens with zero attached hydrogens (tertiary/aromatic N) is 2. The van der Waals surface area contributed by atoms with E-state index in [9.17, 15) is 19.5 Å². The summed E-state index contributed by atoms with van der Waals surface area (Å²) in [5, 5.41) is 9.51. The van der Waals surface area contributed by atoms with Crippen LogP contribution in [-0.2, 0) is 16.0 Å². The van der Waals surface area contributed by atoms with Crippen LogP contribution in [-0.4, -0.2) is 64.4 Å². The van der Waals surface area contributed by atoms with Gasteiger partial charge < -0.3 is 23.9 Å². The molecule has 3 aromatic rings. The number of furan rings is 1. The number of rotatable bonds is 6. The van der Waals surface area contributed by atoms with Crippen molar-refractivity contribution in [2.24, 2.45) is 0 Å². The number of carboxylic acid groups (broad SMARTS) is 1. The van der Waals surface area contributed by atoms with Crippen molar-refractivity contribution in [1.82, 2.24) is 9.80 Å². The second kappa shape index (κ2) is 11.9. The highest BCUT2D eigenvalue weighted by Crippen LogP contribution is 2.44. The fourth-order valence-corrected chi connectivity index (χ4v) is 5.89. The van der Waals surface area contributed by atoms with E-state index in [0.29, 0.717) is 24.3 Å². The van der Waals surface area contributed by atoms with Gasteiger partial charge in [0.2, 0.25) is 5.76 Å². The predicted molar refractivity (Wildman–Crippen MR) is 156 cm³/mol. The van der Waals surface area contributed by atoms with E-state index in [1.54, 1.807) is 22.8 Å². The number of fused-ring (bicyclic) bond motifs is 3. The van der Waals surface area contributed by atoms with E-state index in [4.69, 9.17) is 13.9 Å². The summed E-state index contributed by atoms with van der Waals surface area (Å²) in [5.41, 5.74) is 4.31. The van der Waals surface area contributed by atoms with Gasteiger partial charge in [-0.2, -0.15) is 0 Å². The van der Waals surface area contributed by atoms with Crippen molar-refractivity contribution < 1.29 is 33.4 Å². The van der Waals surface area contributed by atoms with Gasteiger partial charge in [-0.25, -0.2) is 14.4 Å². The van der Waals surface area contributed by atoms with Crippen LogP contribution < -0.4 is 0 Å². The molecule has 2 aromatic carbocycles. The summed E-state index contributed by atoms with van der Waals surface area (Å²) in [6, 6.07) is 17.5. The molecule has 1 N–H and O–H groups in total. The fourth-order valence-electron chi connectivity index (χ4n) is 5.89. The fraction of sp³-hybridized carbons (Fsp3) is 0.424. The zero-order chi connectivity index (χ0) is 30.0. The molecule has 9 heteroatoms. The molecule has 2 amide bonds. The van der Waals surface area contributed by atoms with E-state index in [0.717, 1.165) is 35.1 Å². The second-order valence-corrected chi connectivity index (χ2v) is 12.0. The smallest absolute Gasteiger partial charge is 0.410 e. The number of aryl methyl sites for hydroxylation is 1. The van der Waals surface area contributed by atoms with Crippen molar-refractivity contribution in [3.05, 3.63) is 82.8 Å². The molecule has 1 aromatic heterocycles. The van der Waals surface area contributed by atoms with E-state index in [1.807, 2.05) is 45.0 Å². The molecule has 9 nitrogen and oxygen atoms in total. The Balaban J connectivity index is 1.40. The number of carboxylic acids is 1. The standard InChI is InChI=1S/C33H38N2O7/c1-21-17-23(41-29(21)30(36)37)19-35(22-11-9-10-16-34(18-22)31(38)42-33(2,3)4)32(39)40-20-28-26-14-7-5-12-24(26)25-13-6-8-15-27(25)28/h5-8,12-15,17,22,28H,9-11,16,18-20H2,1-4H3,(H,36,37). The summed E-state index contributed by atoms with van der Waals surface area (Å²) in [7, 11) is 0. The second-order valence-electron chi connectivity index (χ2n) is 12.0. The average Bonchev–Trinajstić information content (AvgIpc) is 3.35. The van der Waals surface area contributed by atoms with Crippen LogP contribution in [0.5, 0.6) is 0 Å². The molecule has 2 aliphatic rings. The number of ether oxygens (including phenoxy) is 2. The van der Waals surface area contributed by atoms with Crippen molar-refractivity contribution in [2.75, 3.05) is 19.7 Å². The van der Waals surface area contributed by atoms with Crippen LogP contribution in [0.2, 0.25) is 0 Å². The highest BCUT2D eigenvalue weighted by Gasteiger charge is 2.35. The third-order valence-corrected chi connectivity index (χ3v) is 7.80. The third kappa shape index (κ3) is 6.30. The topological polar surface area (TPSA) is 110 Å². The molecule has 0 spiro atoms. The van der Waals surface area contributed by atoms with Gasteiger partial charge in [0.1, 0.15) is 18.0 Å². The Morgan fingerprint density at radius 2 is 1.67 bits per heavy atom. The number of aromatic carboxylic acids is 1. The lowest BCUT2D eigenvalue weighted by Gasteiger charge is -2.33. The lowest BCUT2D eigenvalue weighted by Crippen LogP contribution is -2.48. The van der Waals surface area contributed by atoms with E-state index < -0.39 is 23.8 Å². The first-order valence-electron chi connectivity index (χ1n) is 14.4. The Morgan fingerprint density at radius 3 is 2.26 bits per heavy atom. The quantitative estimate of drug-likeness (QED) is 0.344. The van der Waals surface area contributed by atoms with Gasteiger partial charge >= 0.3 is 18.2 Å². The zero-order valence-electron chi connectivity index (χ0n) is 24.6. The Bertz CT molecular complexity index is 1430. The first-order valence-corrected chi connectivity index (χ1v) is 14.4. The van der Waals surface area contributed by atoms with Crippen LogP contribution in [0.3, 0.4) is 0 Å². The Morgan fingerprint density at radius 1 is 1.02 bits per heavy atom. The van der Waals surface area contributed by atoms with E-state index in [-0.39, 0.29) is 37.4 Å². The molecule has 2 heterocycles. The van der Waals surface area contributed by atoms with Gasteiger partial charge in [0.05, 0.1) is 12.6 Å². The molecule has 1 atom stereocenters. The number of carbonyl (C=O) groups excluding carboxylic acids is 2. The molecular formula is C33H38N2O7. The molecule has 0 saturated carbocycles. The van der Waals surface area contributed by atoms with Gasteiger partial charge in [0, 0.05) is 24.6 Å². The third-order valence-electron chi connectivity index (χ3n) is 7.80. The van der Waals surface area contributed by atoms with Crippen molar-refractivity contribution in [3.8, 4) is 11.1 Å². The van der Waals surface area contributed by atoms with Gasteiger partial charge in [-0.05, 0) is 75.3 Å². The molecule has 42 heavy (non-hydrogen) atoms. The first kappa shape index (κ1) is 29.2. The van der Waals surface area contributed by atoms with Crippen LogP contribution in [0.15, 0.2) is 59.0 Å². The number of benzene rings is 2. The van der Waals surface area contributed by atoms with Crippen LogP contribution in [0.25, 0.3) is 11.1 Å². The summed E-state index contributed by atoms with van der Waals surface area (Å²) < 4.78 is 17.3. The Hall–Kier alpha value is -4.27. The summed E-state index contributed by atoms with van der Waals surface area (Å²) in [6.07, 6.45) is 1.25. The monoisotopic (exact) mass is 574 g/mol. The maximum Gasteiger partial charge on any atom is 0.410 e. The normalized spacial score (nSPS) is 16.8. The van der Waals surface area contributed by atoms with Gasteiger partial charge in [0.25, 0.3) is 0 Å². The van der Waals surface area contributed by atoms with Gasteiger partial charge in [-0.3, -0.25) is 4.90 Å². The molecule has 0 bridgehead atoms.